The minimum absolute atomic E-state index is 0.810. The third kappa shape index (κ3) is 1.79. The lowest BCUT2D eigenvalue weighted by Gasteiger charge is -2.03. The van der Waals surface area contributed by atoms with Gasteiger partial charge in [0, 0.05) is 0 Å². The molecule has 2 atom stereocenters. The molecule has 1 saturated carbocycles. The molecule has 1 aromatic carbocycles. The molecule has 64 valence electrons. The van der Waals surface area contributed by atoms with Crippen LogP contribution in [0.5, 0.6) is 5.75 Å². The fourth-order valence-electron chi connectivity index (χ4n) is 1.35. The van der Waals surface area contributed by atoms with Crippen molar-refractivity contribution in [3.05, 3.63) is 30.3 Å². The van der Waals surface area contributed by atoms with Gasteiger partial charge in [0.2, 0.25) is 0 Å². The van der Waals surface area contributed by atoms with Gasteiger partial charge in [-0.1, -0.05) is 25.1 Å². The summed E-state index contributed by atoms with van der Waals surface area (Å²) < 4.78 is 5.60. The van der Waals surface area contributed by atoms with Crippen molar-refractivity contribution in [2.75, 3.05) is 6.61 Å². The summed E-state index contributed by atoms with van der Waals surface area (Å²) in [6.07, 6.45) is 1.34. The largest absolute Gasteiger partial charge is 0.493 e. The van der Waals surface area contributed by atoms with Gasteiger partial charge in [-0.05, 0) is 30.4 Å². The van der Waals surface area contributed by atoms with Crippen LogP contribution in [0.25, 0.3) is 0 Å². The Kier molecular flexibility index (Phi) is 2.03. The Bertz CT molecular complexity index is 242. The van der Waals surface area contributed by atoms with E-state index in [-0.39, 0.29) is 0 Å². The molecular weight excluding hydrogens is 148 g/mol. The van der Waals surface area contributed by atoms with Crippen LogP contribution in [0.15, 0.2) is 30.3 Å². The molecule has 0 bridgehead atoms. The third-order valence-electron chi connectivity index (χ3n) is 2.48. The van der Waals surface area contributed by atoms with Crippen LogP contribution in [0.3, 0.4) is 0 Å². The zero-order valence-corrected chi connectivity index (χ0v) is 7.36. The molecule has 0 aliphatic heterocycles. The third-order valence-corrected chi connectivity index (χ3v) is 2.48. The minimum atomic E-state index is 0.810. The van der Waals surface area contributed by atoms with Crippen molar-refractivity contribution in [3.8, 4) is 5.75 Å². The van der Waals surface area contributed by atoms with E-state index in [1.165, 1.54) is 6.42 Å². The maximum absolute atomic E-state index is 5.60. The van der Waals surface area contributed by atoms with Crippen molar-refractivity contribution in [2.24, 2.45) is 11.8 Å². The van der Waals surface area contributed by atoms with Crippen LogP contribution in [0.4, 0.5) is 0 Å². The van der Waals surface area contributed by atoms with Gasteiger partial charge in [0.25, 0.3) is 0 Å². The summed E-state index contributed by atoms with van der Waals surface area (Å²) in [6.45, 7) is 3.17. The SMILES string of the molecule is C[C@@H]1C[C@H]1COc1ccccc1. The molecule has 0 spiro atoms. The first kappa shape index (κ1) is 7.66. The summed E-state index contributed by atoms with van der Waals surface area (Å²) >= 11 is 0. The number of ether oxygens (including phenoxy) is 1. The van der Waals surface area contributed by atoms with Crippen LogP contribution < -0.4 is 4.74 Å². The smallest absolute Gasteiger partial charge is 0.119 e. The second kappa shape index (κ2) is 3.18. The minimum Gasteiger partial charge on any atom is -0.493 e. The molecule has 1 aromatic rings. The average Bonchev–Trinajstić information content (AvgIpc) is 2.81. The Morgan fingerprint density at radius 2 is 2.00 bits per heavy atom. The maximum Gasteiger partial charge on any atom is 0.119 e. The van der Waals surface area contributed by atoms with E-state index in [1.807, 2.05) is 30.3 Å². The van der Waals surface area contributed by atoms with E-state index < -0.39 is 0 Å². The molecule has 1 aliphatic carbocycles. The number of rotatable bonds is 3. The molecule has 0 aromatic heterocycles. The summed E-state index contributed by atoms with van der Waals surface area (Å²) in [5.41, 5.74) is 0. The van der Waals surface area contributed by atoms with Gasteiger partial charge in [0.05, 0.1) is 6.61 Å². The Morgan fingerprint density at radius 1 is 1.33 bits per heavy atom. The predicted molar refractivity (Wildman–Crippen MR) is 49.2 cm³/mol. The topological polar surface area (TPSA) is 9.23 Å². The normalized spacial score (nSPS) is 26.8. The van der Waals surface area contributed by atoms with Crippen molar-refractivity contribution >= 4 is 0 Å². The summed E-state index contributed by atoms with van der Waals surface area (Å²) in [4.78, 5) is 0. The first-order valence-corrected chi connectivity index (χ1v) is 4.54. The quantitative estimate of drug-likeness (QED) is 0.664. The molecule has 0 heterocycles. The number of benzene rings is 1. The van der Waals surface area contributed by atoms with Crippen LogP contribution in [0, 0.1) is 11.8 Å². The average molecular weight is 162 g/mol. The monoisotopic (exact) mass is 162 g/mol. The van der Waals surface area contributed by atoms with Gasteiger partial charge in [-0.25, -0.2) is 0 Å². The summed E-state index contributed by atoms with van der Waals surface area (Å²) in [5, 5.41) is 0. The van der Waals surface area contributed by atoms with Crippen molar-refractivity contribution in [2.45, 2.75) is 13.3 Å². The van der Waals surface area contributed by atoms with E-state index in [9.17, 15) is 0 Å². The predicted octanol–water partition coefficient (Wildman–Crippen LogP) is 2.72. The van der Waals surface area contributed by atoms with Gasteiger partial charge in [0.1, 0.15) is 5.75 Å². The molecule has 0 unspecified atom stereocenters. The van der Waals surface area contributed by atoms with Gasteiger partial charge in [-0.15, -0.1) is 0 Å². The van der Waals surface area contributed by atoms with Crippen molar-refractivity contribution in [1.29, 1.82) is 0 Å². The Hall–Kier alpha value is -0.980. The lowest BCUT2D eigenvalue weighted by molar-refractivity contribution is 0.293. The molecule has 1 heteroatoms. The lowest BCUT2D eigenvalue weighted by atomic mass is 10.3. The van der Waals surface area contributed by atoms with E-state index in [0.717, 1.165) is 24.2 Å². The van der Waals surface area contributed by atoms with Crippen molar-refractivity contribution < 1.29 is 4.74 Å². The summed E-state index contributed by atoms with van der Waals surface area (Å²) in [7, 11) is 0. The second-order valence-electron chi connectivity index (χ2n) is 3.60. The van der Waals surface area contributed by atoms with Crippen LogP contribution in [0.1, 0.15) is 13.3 Å². The van der Waals surface area contributed by atoms with Gasteiger partial charge in [-0.2, -0.15) is 0 Å². The van der Waals surface area contributed by atoms with Gasteiger partial charge in [0.15, 0.2) is 0 Å². The fourth-order valence-corrected chi connectivity index (χ4v) is 1.35. The first-order valence-electron chi connectivity index (χ1n) is 4.54. The van der Waals surface area contributed by atoms with Crippen molar-refractivity contribution in [3.63, 3.8) is 0 Å². The van der Waals surface area contributed by atoms with Crippen LogP contribution in [-0.2, 0) is 0 Å². The van der Waals surface area contributed by atoms with Gasteiger partial charge in [-0.3, -0.25) is 0 Å². The first-order chi connectivity index (χ1) is 5.86. The lowest BCUT2D eigenvalue weighted by Crippen LogP contribution is -1.99. The Balaban J connectivity index is 1.80. The Labute approximate surface area is 73.4 Å². The van der Waals surface area contributed by atoms with Crippen LogP contribution >= 0.6 is 0 Å². The Morgan fingerprint density at radius 3 is 2.58 bits per heavy atom. The van der Waals surface area contributed by atoms with E-state index in [0.29, 0.717) is 0 Å². The van der Waals surface area contributed by atoms with Crippen molar-refractivity contribution in [1.82, 2.24) is 0 Å². The zero-order chi connectivity index (χ0) is 8.39. The fraction of sp³-hybridized carbons (Fsp3) is 0.455. The highest BCUT2D eigenvalue weighted by Crippen LogP contribution is 2.37. The number of hydrogen-bond donors (Lipinski definition) is 0. The zero-order valence-electron chi connectivity index (χ0n) is 7.36. The molecule has 12 heavy (non-hydrogen) atoms. The molecule has 1 fully saturated rings. The summed E-state index contributed by atoms with van der Waals surface area (Å²) in [5.74, 6) is 2.69. The van der Waals surface area contributed by atoms with E-state index >= 15 is 0 Å². The highest BCUT2D eigenvalue weighted by atomic mass is 16.5. The molecule has 0 N–H and O–H groups in total. The molecular formula is C11H14O. The highest BCUT2D eigenvalue weighted by molar-refractivity contribution is 5.20. The molecule has 2 rings (SSSR count). The van der Waals surface area contributed by atoms with Crippen LogP contribution in [0.2, 0.25) is 0 Å². The van der Waals surface area contributed by atoms with E-state index in [4.69, 9.17) is 4.74 Å². The number of hydrogen-bond acceptors (Lipinski definition) is 1. The highest BCUT2D eigenvalue weighted by Gasteiger charge is 2.32. The standard InChI is InChI=1S/C11H14O/c1-9-7-10(9)8-12-11-5-3-2-4-6-11/h2-6,9-10H,7-8H2,1H3/t9-,10+/m1/s1. The molecule has 1 aliphatic rings. The summed E-state index contributed by atoms with van der Waals surface area (Å²) in [6, 6.07) is 10.0. The van der Waals surface area contributed by atoms with Crippen LogP contribution in [-0.4, -0.2) is 6.61 Å². The van der Waals surface area contributed by atoms with Gasteiger partial charge < -0.3 is 4.74 Å². The van der Waals surface area contributed by atoms with E-state index in [2.05, 4.69) is 6.92 Å². The second-order valence-corrected chi connectivity index (χ2v) is 3.60. The van der Waals surface area contributed by atoms with E-state index in [1.54, 1.807) is 0 Å². The molecule has 1 nitrogen and oxygen atoms in total. The van der Waals surface area contributed by atoms with Gasteiger partial charge >= 0.3 is 0 Å². The number of para-hydroxylation sites is 1. The molecule has 0 amide bonds. The maximum atomic E-state index is 5.60. The molecule has 0 radical (unpaired) electrons. The molecule has 0 saturated heterocycles.